The van der Waals surface area contributed by atoms with Crippen LogP contribution in [0.3, 0.4) is 0 Å². The number of ether oxygens (including phenoxy) is 1. The van der Waals surface area contributed by atoms with Crippen molar-refractivity contribution in [1.82, 2.24) is 0 Å². The monoisotopic (exact) mass is 592 g/mol. The van der Waals surface area contributed by atoms with Gasteiger partial charge in [0.2, 0.25) is 14.6 Å². The molecule has 35 heavy (non-hydrogen) atoms. The summed E-state index contributed by atoms with van der Waals surface area (Å²) in [6.07, 6.45) is -1.88. The molecule has 11 heteroatoms. The van der Waals surface area contributed by atoms with E-state index in [1.54, 1.807) is 0 Å². The molecule has 1 heterocycles. The van der Waals surface area contributed by atoms with Crippen LogP contribution in [-0.2, 0) is 27.9 Å². The summed E-state index contributed by atoms with van der Waals surface area (Å²) in [5, 5.41) is 0. The summed E-state index contributed by atoms with van der Waals surface area (Å²) in [5.41, 5.74) is 1.95. The Balaban J connectivity index is 3.53. The fraction of sp³-hybridized carbons (Fsp3) is 1.00. The van der Waals surface area contributed by atoms with Crippen molar-refractivity contribution in [2.24, 2.45) is 0 Å². The third-order valence-electron chi connectivity index (χ3n) is 7.83. The molecule has 6 nitrogen and oxygen atoms in total. The molecule has 1 aliphatic heterocycles. The maximum absolute atomic E-state index is 12.0. The van der Waals surface area contributed by atoms with Crippen molar-refractivity contribution in [3.05, 3.63) is 0 Å². The zero-order chi connectivity index (χ0) is 27.7. The maximum atomic E-state index is 12.0. The molecule has 0 aromatic carbocycles. The Kier molecular flexibility index (Phi) is 11.9. The molecule has 1 fully saturated rings. The molecule has 1 saturated heterocycles. The second-order valence-electron chi connectivity index (χ2n) is 12.0. The summed E-state index contributed by atoms with van der Waals surface area (Å²) in [4.78, 5) is 0. The van der Waals surface area contributed by atoms with Crippen molar-refractivity contribution < 1.29 is 26.2 Å². The molecule has 0 bridgehead atoms. The van der Waals surface area contributed by atoms with E-state index in [0.717, 1.165) is 6.26 Å². The Bertz CT molecular complexity index is 743. The molecule has 0 saturated carbocycles. The van der Waals surface area contributed by atoms with Crippen LogP contribution in [0.15, 0.2) is 0 Å². The smallest absolute Gasteiger partial charge is 0.266 e. The van der Waals surface area contributed by atoms with Crippen molar-refractivity contribution >= 4 is 50.0 Å². The standard InChI is InChI=1S/C24H50Cl2O6SSi2/c1-15(2)34(16(3)4,17(5)6)29-14-21-22(24(25,26)23(30-21)31-33(13,27)28)32-35(18(7)8,19(9)10)20(11)12/h15-23H,14H2,1-13H3/t21-,22-,23?/m1/s1. The minimum Gasteiger partial charge on any atom is -0.413 e. The van der Waals surface area contributed by atoms with Crippen LogP contribution < -0.4 is 0 Å². The predicted molar refractivity (Wildman–Crippen MR) is 152 cm³/mol. The van der Waals surface area contributed by atoms with Gasteiger partial charge in [-0.05, 0) is 33.2 Å². The summed E-state index contributed by atoms with van der Waals surface area (Å²) in [6, 6.07) is 0. The number of alkyl halides is 2. The first-order valence-electron chi connectivity index (χ1n) is 12.9. The summed E-state index contributed by atoms with van der Waals surface area (Å²) in [6.45, 7) is 26.6. The van der Waals surface area contributed by atoms with E-state index in [0.29, 0.717) is 16.6 Å². The fourth-order valence-corrected chi connectivity index (χ4v) is 19.0. The molecule has 0 spiro atoms. The molecule has 1 rings (SSSR count). The summed E-state index contributed by atoms with van der Waals surface area (Å²) < 4.78 is 47.5. The van der Waals surface area contributed by atoms with Crippen LogP contribution in [0.5, 0.6) is 0 Å². The Hall–Kier alpha value is 0.804. The van der Waals surface area contributed by atoms with Gasteiger partial charge in [-0.3, -0.25) is 0 Å². The van der Waals surface area contributed by atoms with Crippen LogP contribution in [0.2, 0.25) is 33.2 Å². The number of halogens is 2. The van der Waals surface area contributed by atoms with Crippen LogP contribution in [0.25, 0.3) is 0 Å². The van der Waals surface area contributed by atoms with E-state index in [2.05, 4.69) is 83.1 Å². The van der Waals surface area contributed by atoms with E-state index < -0.39 is 49.6 Å². The van der Waals surface area contributed by atoms with Crippen LogP contribution in [0, 0.1) is 0 Å². The Labute approximate surface area is 227 Å². The van der Waals surface area contributed by atoms with Gasteiger partial charge < -0.3 is 13.6 Å². The van der Waals surface area contributed by atoms with Crippen molar-refractivity contribution in [1.29, 1.82) is 0 Å². The largest absolute Gasteiger partial charge is 0.413 e. The second-order valence-corrected chi connectivity index (χ2v) is 25.9. The van der Waals surface area contributed by atoms with Gasteiger partial charge >= 0.3 is 0 Å². The zero-order valence-corrected chi connectivity index (χ0v) is 28.3. The van der Waals surface area contributed by atoms with E-state index in [1.807, 2.05) is 0 Å². The van der Waals surface area contributed by atoms with E-state index in [-0.39, 0.29) is 23.2 Å². The van der Waals surface area contributed by atoms with Crippen molar-refractivity contribution in [3.63, 3.8) is 0 Å². The molecule has 0 radical (unpaired) electrons. The summed E-state index contributed by atoms with van der Waals surface area (Å²) in [7, 11) is -8.56. The van der Waals surface area contributed by atoms with Gasteiger partial charge in [-0.2, -0.15) is 8.42 Å². The molecule has 0 aliphatic carbocycles. The van der Waals surface area contributed by atoms with Gasteiger partial charge in [0.25, 0.3) is 10.1 Å². The molecule has 3 atom stereocenters. The highest BCUT2D eigenvalue weighted by Crippen LogP contribution is 2.51. The van der Waals surface area contributed by atoms with Crippen molar-refractivity contribution in [2.75, 3.05) is 12.9 Å². The van der Waals surface area contributed by atoms with E-state index in [1.165, 1.54) is 0 Å². The molecule has 0 amide bonds. The van der Waals surface area contributed by atoms with Gasteiger partial charge in [0.05, 0.1) is 12.9 Å². The Morgan fingerprint density at radius 2 is 1.14 bits per heavy atom. The van der Waals surface area contributed by atoms with Gasteiger partial charge in [-0.1, -0.05) is 106 Å². The SMILES string of the molecule is CC(C)[Si](OC[C@H]1OC(OS(C)(=O)=O)C(Cl)(Cl)[C@@H]1O[Si](C(C)C)(C(C)C)C(C)C)(C(C)C)C(C)C. The molecular formula is C24H50Cl2O6SSi2. The highest BCUT2D eigenvalue weighted by Gasteiger charge is 2.62. The lowest BCUT2D eigenvalue weighted by Gasteiger charge is -2.47. The van der Waals surface area contributed by atoms with Crippen LogP contribution in [0.4, 0.5) is 0 Å². The molecule has 0 aromatic heterocycles. The van der Waals surface area contributed by atoms with Gasteiger partial charge in [0, 0.05) is 0 Å². The van der Waals surface area contributed by atoms with Gasteiger partial charge in [-0.25, -0.2) is 4.18 Å². The Morgan fingerprint density at radius 3 is 1.46 bits per heavy atom. The normalized spacial score (nSPS) is 24.2. The van der Waals surface area contributed by atoms with Crippen LogP contribution >= 0.6 is 23.2 Å². The molecule has 1 aliphatic rings. The van der Waals surface area contributed by atoms with Gasteiger partial charge in [0.1, 0.15) is 12.2 Å². The van der Waals surface area contributed by atoms with Gasteiger partial charge in [-0.15, -0.1) is 0 Å². The quantitative estimate of drug-likeness (QED) is 0.124. The molecule has 0 aromatic rings. The highest BCUT2D eigenvalue weighted by molar-refractivity contribution is 7.86. The maximum Gasteiger partial charge on any atom is 0.266 e. The number of hydrogen-bond donors (Lipinski definition) is 0. The van der Waals surface area contributed by atoms with Crippen LogP contribution in [-0.4, -0.2) is 60.7 Å². The number of rotatable bonds is 13. The highest BCUT2D eigenvalue weighted by atomic mass is 35.5. The zero-order valence-electron chi connectivity index (χ0n) is 24.0. The lowest BCUT2D eigenvalue weighted by atomic mass is 10.2. The first-order chi connectivity index (χ1) is 15.7. The second kappa shape index (κ2) is 12.3. The lowest BCUT2D eigenvalue weighted by Crippen LogP contribution is -2.56. The first-order valence-corrected chi connectivity index (χ1v) is 19.8. The molecule has 0 N–H and O–H groups in total. The summed E-state index contributed by atoms with van der Waals surface area (Å²) in [5.74, 6) is 0. The molecule has 1 unspecified atom stereocenters. The third kappa shape index (κ3) is 7.07. The van der Waals surface area contributed by atoms with Crippen LogP contribution in [0.1, 0.15) is 83.1 Å². The van der Waals surface area contributed by atoms with E-state index >= 15 is 0 Å². The third-order valence-corrected chi connectivity index (χ3v) is 21.3. The summed E-state index contributed by atoms with van der Waals surface area (Å²) >= 11 is 13.7. The molecule has 210 valence electrons. The van der Waals surface area contributed by atoms with Crippen molar-refractivity contribution in [3.8, 4) is 0 Å². The Morgan fingerprint density at radius 1 is 0.771 bits per heavy atom. The first kappa shape index (κ1) is 33.8. The topological polar surface area (TPSA) is 71.1 Å². The predicted octanol–water partition coefficient (Wildman–Crippen LogP) is 7.61. The minimum absolute atomic E-state index is 0.217. The van der Waals surface area contributed by atoms with Gasteiger partial charge in [0.15, 0.2) is 12.7 Å². The minimum atomic E-state index is -3.87. The van der Waals surface area contributed by atoms with Crippen molar-refractivity contribution in [2.45, 2.75) is 139 Å². The lowest BCUT2D eigenvalue weighted by molar-refractivity contribution is -0.0892. The van der Waals surface area contributed by atoms with E-state index in [4.69, 9.17) is 41.0 Å². The average Bonchev–Trinajstić information content (AvgIpc) is 2.86. The van der Waals surface area contributed by atoms with E-state index in [9.17, 15) is 8.42 Å². The average molecular weight is 594 g/mol. The molecular weight excluding hydrogens is 543 g/mol. The number of hydrogen-bond acceptors (Lipinski definition) is 6. The fourth-order valence-electron chi connectivity index (χ4n) is 6.58.